The van der Waals surface area contributed by atoms with Gasteiger partial charge in [-0.1, -0.05) is 30.3 Å². The fourth-order valence-electron chi connectivity index (χ4n) is 2.28. The molecule has 2 N–H and O–H groups in total. The molecule has 1 saturated heterocycles. The third kappa shape index (κ3) is 3.95. The largest absolute Gasteiger partial charge is 0.326 e. The van der Waals surface area contributed by atoms with Crippen LogP contribution < -0.4 is 5.73 Å². The summed E-state index contributed by atoms with van der Waals surface area (Å²) in [7, 11) is 0. The van der Waals surface area contributed by atoms with E-state index >= 15 is 0 Å². The number of rotatable bonds is 4. The minimum atomic E-state index is 0.491. The van der Waals surface area contributed by atoms with Crippen LogP contribution in [0.5, 0.6) is 0 Å². The van der Waals surface area contributed by atoms with Crippen molar-refractivity contribution in [2.75, 3.05) is 19.6 Å². The molecule has 0 aliphatic carbocycles. The number of hydrogen-bond acceptors (Lipinski definition) is 3. The van der Waals surface area contributed by atoms with Crippen LogP contribution in [0.15, 0.2) is 35.3 Å². The molecule has 0 bridgehead atoms. The zero-order valence-electron chi connectivity index (χ0n) is 10.3. The van der Waals surface area contributed by atoms with E-state index in [1.807, 2.05) is 6.21 Å². The second-order valence-electron chi connectivity index (χ2n) is 4.56. The first kappa shape index (κ1) is 12.3. The predicted molar refractivity (Wildman–Crippen MR) is 72.3 cm³/mol. The maximum absolute atomic E-state index is 5.42. The minimum absolute atomic E-state index is 0.491. The van der Waals surface area contributed by atoms with Gasteiger partial charge in [-0.05, 0) is 18.4 Å². The highest BCUT2D eigenvalue weighted by Gasteiger charge is 2.17. The van der Waals surface area contributed by atoms with Crippen LogP contribution in [0.3, 0.4) is 0 Å². The van der Waals surface area contributed by atoms with E-state index in [-0.39, 0.29) is 0 Å². The highest BCUT2D eigenvalue weighted by atomic mass is 15.1. The average molecular weight is 231 g/mol. The van der Waals surface area contributed by atoms with Crippen LogP contribution in [0.2, 0.25) is 0 Å². The van der Waals surface area contributed by atoms with Gasteiger partial charge in [-0.25, -0.2) is 0 Å². The van der Waals surface area contributed by atoms with Gasteiger partial charge in [-0.3, -0.25) is 9.89 Å². The molecule has 1 heterocycles. The number of benzene rings is 1. The van der Waals surface area contributed by atoms with E-state index in [9.17, 15) is 0 Å². The lowest BCUT2D eigenvalue weighted by Gasteiger charge is -2.30. The lowest BCUT2D eigenvalue weighted by Crippen LogP contribution is -2.34. The molecule has 0 radical (unpaired) electrons. The van der Waals surface area contributed by atoms with Crippen LogP contribution in [-0.2, 0) is 6.54 Å². The van der Waals surface area contributed by atoms with Crippen molar-refractivity contribution in [3.05, 3.63) is 35.9 Å². The van der Waals surface area contributed by atoms with Crippen LogP contribution in [0, 0.1) is 0 Å². The molecule has 3 heteroatoms. The van der Waals surface area contributed by atoms with Crippen molar-refractivity contribution in [2.45, 2.75) is 25.4 Å². The molecule has 1 aromatic rings. The van der Waals surface area contributed by atoms with Crippen LogP contribution in [0.4, 0.5) is 0 Å². The maximum Gasteiger partial charge on any atom is 0.0520 e. The summed E-state index contributed by atoms with van der Waals surface area (Å²) in [6, 6.07) is 11.2. The number of nitrogens with two attached hydrogens (primary N) is 1. The van der Waals surface area contributed by atoms with E-state index in [0.717, 1.165) is 32.5 Å². The lowest BCUT2D eigenvalue weighted by atomic mass is 10.0. The maximum atomic E-state index is 5.42. The SMILES string of the molecule is NCC=NC1CCN(Cc2ccccc2)CC1. The highest BCUT2D eigenvalue weighted by Crippen LogP contribution is 2.15. The molecule has 1 aliphatic rings. The molecule has 1 aliphatic heterocycles. The quantitative estimate of drug-likeness (QED) is 0.801. The van der Waals surface area contributed by atoms with Gasteiger partial charge in [0.25, 0.3) is 0 Å². The van der Waals surface area contributed by atoms with Gasteiger partial charge in [0.15, 0.2) is 0 Å². The van der Waals surface area contributed by atoms with Crippen LogP contribution in [-0.4, -0.2) is 36.8 Å². The van der Waals surface area contributed by atoms with Crippen LogP contribution in [0.1, 0.15) is 18.4 Å². The zero-order chi connectivity index (χ0) is 11.9. The zero-order valence-corrected chi connectivity index (χ0v) is 10.3. The molecule has 0 unspecified atom stereocenters. The Bertz CT molecular complexity index is 340. The second-order valence-corrected chi connectivity index (χ2v) is 4.56. The molecule has 3 nitrogen and oxygen atoms in total. The standard InChI is InChI=1S/C14H21N3/c15-8-9-16-14-6-10-17(11-7-14)12-13-4-2-1-3-5-13/h1-5,9,14H,6-8,10-12,15H2. The predicted octanol–water partition coefficient (Wildman–Crippen LogP) is 1.68. The molecule has 1 aromatic carbocycles. The molecule has 1 fully saturated rings. The van der Waals surface area contributed by atoms with Crippen molar-refractivity contribution in [3.63, 3.8) is 0 Å². The van der Waals surface area contributed by atoms with Crippen molar-refractivity contribution in [2.24, 2.45) is 10.7 Å². The summed E-state index contributed by atoms with van der Waals surface area (Å²) in [4.78, 5) is 6.97. The molecule has 0 amide bonds. The molecule has 0 saturated carbocycles. The summed E-state index contributed by atoms with van der Waals surface area (Å²) in [5.41, 5.74) is 6.81. The number of piperidine rings is 1. The fourth-order valence-corrected chi connectivity index (χ4v) is 2.28. The van der Waals surface area contributed by atoms with E-state index in [1.54, 1.807) is 0 Å². The van der Waals surface area contributed by atoms with Gasteiger partial charge in [-0.2, -0.15) is 0 Å². The molecule has 17 heavy (non-hydrogen) atoms. The Morgan fingerprint density at radius 1 is 1.24 bits per heavy atom. The Balaban J connectivity index is 1.78. The van der Waals surface area contributed by atoms with E-state index in [4.69, 9.17) is 5.73 Å². The number of nitrogens with zero attached hydrogens (tertiary/aromatic N) is 2. The molecule has 0 aromatic heterocycles. The molecular weight excluding hydrogens is 210 g/mol. The Morgan fingerprint density at radius 3 is 2.59 bits per heavy atom. The van der Waals surface area contributed by atoms with Gasteiger partial charge in [-0.15, -0.1) is 0 Å². The van der Waals surface area contributed by atoms with E-state index < -0.39 is 0 Å². The van der Waals surface area contributed by atoms with Gasteiger partial charge in [0.2, 0.25) is 0 Å². The third-order valence-corrected chi connectivity index (χ3v) is 3.23. The first-order valence-corrected chi connectivity index (χ1v) is 6.36. The minimum Gasteiger partial charge on any atom is -0.326 e. The Kier molecular flexibility index (Phi) is 4.71. The van der Waals surface area contributed by atoms with Gasteiger partial charge in [0.1, 0.15) is 0 Å². The summed E-state index contributed by atoms with van der Waals surface area (Å²) >= 11 is 0. The fraction of sp³-hybridized carbons (Fsp3) is 0.500. The first-order valence-electron chi connectivity index (χ1n) is 6.36. The summed E-state index contributed by atoms with van der Waals surface area (Å²) in [6.07, 6.45) is 4.16. The molecular formula is C14H21N3. The van der Waals surface area contributed by atoms with E-state index in [2.05, 4.69) is 40.2 Å². The molecule has 2 rings (SSSR count). The number of likely N-dealkylation sites (tertiary alicyclic amines) is 1. The summed E-state index contributed by atoms with van der Waals surface area (Å²) in [6.45, 7) is 3.90. The normalized spacial score (nSPS) is 18.9. The number of hydrogen-bond donors (Lipinski definition) is 1. The van der Waals surface area contributed by atoms with Crippen molar-refractivity contribution in [3.8, 4) is 0 Å². The smallest absolute Gasteiger partial charge is 0.0520 e. The van der Waals surface area contributed by atoms with Crippen molar-refractivity contribution in [1.29, 1.82) is 0 Å². The van der Waals surface area contributed by atoms with Crippen LogP contribution in [0.25, 0.3) is 0 Å². The summed E-state index contributed by atoms with van der Waals surface area (Å²) in [5.74, 6) is 0. The van der Waals surface area contributed by atoms with Gasteiger partial charge >= 0.3 is 0 Å². The van der Waals surface area contributed by atoms with Crippen molar-refractivity contribution < 1.29 is 0 Å². The Morgan fingerprint density at radius 2 is 1.94 bits per heavy atom. The summed E-state index contributed by atoms with van der Waals surface area (Å²) < 4.78 is 0. The van der Waals surface area contributed by atoms with Crippen molar-refractivity contribution in [1.82, 2.24) is 4.90 Å². The highest BCUT2D eigenvalue weighted by molar-refractivity contribution is 5.59. The van der Waals surface area contributed by atoms with Gasteiger partial charge < -0.3 is 5.73 Å². The van der Waals surface area contributed by atoms with E-state index in [0.29, 0.717) is 12.6 Å². The second kappa shape index (κ2) is 6.52. The van der Waals surface area contributed by atoms with Gasteiger partial charge in [0, 0.05) is 32.4 Å². The van der Waals surface area contributed by atoms with Gasteiger partial charge in [0.05, 0.1) is 6.04 Å². The monoisotopic (exact) mass is 231 g/mol. The number of aliphatic imine (C=N–C) groups is 1. The summed E-state index contributed by atoms with van der Waals surface area (Å²) in [5, 5.41) is 0. The Labute approximate surface area is 103 Å². The average Bonchev–Trinajstić information content (AvgIpc) is 2.39. The molecule has 92 valence electrons. The third-order valence-electron chi connectivity index (χ3n) is 3.23. The molecule has 0 atom stereocenters. The first-order chi connectivity index (χ1) is 8.38. The van der Waals surface area contributed by atoms with Crippen molar-refractivity contribution >= 4 is 6.21 Å². The van der Waals surface area contributed by atoms with Crippen LogP contribution >= 0.6 is 0 Å². The van der Waals surface area contributed by atoms with E-state index in [1.165, 1.54) is 5.56 Å². The Hall–Kier alpha value is -1.19. The topological polar surface area (TPSA) is 41.6 Å². The molecule has 0 spiro atoms. The lowest BCUT2D eigenvalue weighted by molar-refractivity contribution is 0.206.